The van der Waals surface area contributed by atoms with Crippen molar-refractivity contribution in [1.29, 1.82) is 0 Å². The number of amides is 2. The molecule has 28 heavy (non-hydrogen) atoms. The van der Waals surface area contributed by atoms with Crippen molar-refractivity contribution in [2.45, 2.75) is 18.9 Å². The van der Waals surface area contributed by atoms with E-state index in [-0.39, 0.29) is 24.8 Å². The number of carbonyl (C=O) groups excluding carboxylic acids is 2. The van der Waals surface area contributed by atoms with Crippen LogP contribution in [0.2, 0.25) is 5.02 Å². The molecule has 2 amide bonds. The molecule has 2 aliphatic heterocycles. The fourth-order valence-corrected chi connectivity index (χ4v) is 3.38. The molecule has 1 fully saturated rings. The van der Waals surface area contributed by atoms with E-state index in [9.17, 15) is 9.59 Å². The summed E-state index contributed by atoms with van der Waals surface area (Å²) < 4.78 is 5.20. The Bertz CT molecular complexity index is 762. The molecular weight excluding hydrogens is 384 g/mol. The van der Waals surface area contributed by atoms with Gasteiger partial charge in [-0.25, -0.2) is 0 Å². The van der Waals surface area contributed by atoms with Gasteiger partial charge in [-0.15, -0.1) is 0 Å². The Balaban J connectivity index is 1.45. The molecular formula is C19H25ClN4O4. The van der Waals surface area contributed by atoms with Crippen LogP contribution >= 0.6 is 11.6 Å². The summed E-state index contributed by atoms with van der Waals surface area (Å²) in [5.74, 6) is 0.419. The van der Waals surface area contributed by atoms with E-state index in [0.717, 1.165) is 26.2 Å². The first-order valence-electron chi connectivity index (χ1n) is 9.28. The van der Waals surface area contributed by atoms with Crippen molar-refractivity contribution >= 4 is 29.1 Å². The summed E-state index contributed by atoms with van der Waals surface area (Å²) in [7, 11) is 3.61. The summed E-state index contributed by atoms with van der Waals surface area (Å²) in [6, 6.07) is 5.24. The maximum Gasteiger partial charge on any atom is 0.264 e. The Morgan fingerprint density at radius 3 is 2.79 bits per heavy atom. The molecule has 2 heterocycles. The van der Waals surface area contributed by atoms with Crippen LogP contribution in [0.15, 0.2) is 23.4 Å². The summed E-state index contributed by atoms with van der Waals surface area (Å²) in [4.78, 5) is 33.8. The highest BCUT2D eigenvalue weighted by atomic mass is 35.5. The van der Waals surface area contributed by atoms with Crippen molar-refractivity contribution in [3.8, 4) is 5.75 Å². The largest absolute Gasteiger partial charge is 0.497 e. The van der Waals surface area contributed by atoms with Gasteiger partial charge in [0.2, 0.25) is 12.0 Å². The van der Waals surface area contributed by atoms with Crippen LogP contribution in [0.25, 0.3) is 0 Å². The maximum atomic E-state index is 12.3. The van der Waals surface area contributed by atoms with Crippen LogP contribution in [-0.4, -0.2) is 80.3 Å². The first-order valence-corrected chi connectivity index (χ1v) is 9.66. The number of hydrogen-bond acceptors (Lipinski definition) is 6. The molecule has 0 spiro atoms. The lowest BCUT2D eigenvalue weighted by Gasteiger charge is -2.32. The van der Waals surface area contributed by atoms with Crippen molar-refractivity contribution in [1.82, 2.24) is 15.1 Å². The molecule has 1 N–H and O–H groups in total. The maximum absolute atomic E-state index is 12.3. The van der Waals surface area contributed by atoms with Crippen LogP contribution in [0.4, 0.5) is 0 Å². The van der Waals surface area contributed by atoms with Gasteiger partial charge in [0, 0.05) is 51.1 Å². The summed E-state index contributed by atoms with van der Waals surface area (Å²) in [6.07, 6.45) is -0.140. The van der Waals surface area contributed by atoms with Crippen molar-refractivity contribution in [3.05, 3.63) is 28.8 Å². The van der Waals surface area contributed by atoms with Crippen molar-refractivity contribution in [2.24, 2.45) is 5.16 Å². The van der Waals surface area contributed by atoms with Crippen LogP contribution in [0, 0.1) is 0 Å². The predicted octanol–water partition coefficient (Wildman–Crippen LogP) is 1.12. The number of benzene rings is 1. The second-order valence-corrected chi connectivity index (χ2v) is 7.31. The molecule has 0 bridgehead atoms. The minimum atomic E-state index is -0.726. The van der Waals surface area contributed by atoms with Crippen LogP contribution in [-0.2, 0) is 14.4 Å². The molecule has 0 saturated carbocycles. The molecule has 8 nitrogen and oxygen atoms in total. The van der Waals surface area contributed by atoms with Gasteiger partial charge in [0.05, 0.1) is 17.8 Å². The average molecular weight is 409 g/mol. The van der Waals surface area contributed by atoms with Gasteiger partial charge in [0.1, 0.15) is 5.75 Å². The number of ether oxygens (including phenoxy) is 1. The summed E-state index contributed by atoms with van der Waals surface area (Å²) in [5.41, 5.74) is 1.28. The van der Waals surface area contributed by atoms with Gasteiger partial charge in [-0.05, 0) is 25.2 Å². The van der Waals surface area contributed by atoms with E-state index in [1.807, 2.05) is 11.9 Å². The molecule has 0 aliphatic carbocycles. The van der Waals surface area contributed by atoms with Gasteiger partial charge in [0.15, 0.2) is 0 Å². The fraction of sp³-hybridized carbons (Fsp3) is 0.526. The second kappa shape index (κ2) is 9.25. The van der Waals surface area contributed by atoms with Crippen molar-refractivity contribution in [3.63, 3.8) is 0 Å². The zero-order valence-corrected chi connectivity index (χ0v) is 16.9. The number of hydrogen-bond donors (Lipinski definition) is 1. The minimum Gasteiger partial charge on any atom is -0.497 e. The quantitative estimate of drug-likeness (QED) is 0.762. The molecule has 0 radical (unpaired) electrons. The number of nitrogens with one attached hydrogen (secondary N) is 1. The monoisotopic (exact) mass is 408 g/mol. The normalized spacial score (nSPS) is 19.8. The predicted molar refractivity (Wildman–Crippen MR) is 106 cm³/mol. The van der Waals surface area contributed by atoms with Crippen molar-refractivity contribution in [2.75, 3.05) is 46.9 Å². The van der Waals surface area contributed by atoms with E-state index in [2.05, 4.69) is 15.4 Å². The highest BCUT2D eigenvalue weighted by Gasteiger charge is 2.30. The van der Waals surface area contributed by atoms with Gasteiger partial charge >= 0.3 is 0 Å². The molecule has 1 saturated heterocycles. The van der Waals surface area contributed by atoms with Gasteiger partial charge < -0.3 is 24.7 Å². The van der Waals surface area contributed by atoms with Crippen LogP contribution < -0.4 is 10.1 Å². The van der Waals surface area contributed by atoms with Crippen LogP contribution in [0.5, 0.6) is 5.75 Å². The number of oxime groups is 1. The number of rotatable bonds is 6. The summed E-state index contributed by atoms with van der Waals surface area (Å²) in [5, 5.41) is 7.28. The van der Waals surface area contributed by atoms with E-state index in [1.54, 1.807) is 25.3 Å². The third kappa shape index (κ3) is 4.94. The summed E-state index contributed by atoms with van der Waals surface area (Å²) in [6.45, 7) is 3.49. The summed E-state index contributed by atoms with van der Waals surface area (Å²) >= 11 is 6.22. The Morgan fingerprint density at radius 1 is 1.32 bits per heavy atom. The lowest BCUT2D eigenvalue weighted by atomic mass is 10.0. The standard InChI is InChI=1S/C19H25ClN4O4/c1-23-7-9-24(10-8-23)18(25)5-6-21-19(26)17-12-16(22-28-17)14-11-13(27-2)3-4-15(14)20/h3-4,11,17H,5-10,12H2,1-2H3,(H,21,26)/t17-/m0/s1. The number of methoxy groups -OCH3 is 1. The Labute approximate surface area is 169 Å². The lowest BCUT2D eigenvalue weighted by molar-refractivity contribution is -0.133. The smallest absolute Gasteiger partial charge is 0.264 e. The highest BCUT2D eigenvalue weighted by Crippen LogP contribution is 2.27. The highest BCUT2D eigenvalue weighted by molar-refractivity contribution is 6.34. The lowest BCUT2D eigenvalue weighted by Crippen LogP contribution is -2.48. The number of halogens is 1. The molecule has 1 atom stereocenters. The molecule has 2 aliphatic rings. The van der Waals surface area contributed by atoms with Gasteiger partial charge in [0.25, 0.3) is 5.91 Å². The fourth-order valence-electron chi connectivity index (χ4n) is 3.15. The van der Waals surface area contributed by atoms with E-state index < -0.39 is 6.10 Å². The molecule has 0 unspecified atom stereocenters. The average Bonchev–Trinajstić information content (AvgIpc) is 3.19. The molecule has 1 aromatic rings. The number of piperazine rings is 1. The van der Waals surface area contributed by atoms with E-state index in [0.29, 0.717) is 28.5 Å². The molecule has 3 rings (SSSR count). The second-order valence-electron chi connectivity index (χ2n) is 6.91. The third-order valence-corrected chi connectivity index (χ3v) is 5.27. The number of carbonyl (C=O) groups is 2. The minimum absolute atomic E-state index is 0.0563. The Kier molecular flexibility index (Phi) is 6.74. The first kappa shape index (κ1) is 20.4. The van der Waals surface area contributed by atoms with Crippen molar-refractivity contribution < 1.29 is 19.2 Å². The number of nitrogens with zero attached hydrogens (tertiary/aromatic N) is 3. The SMILES string of the molecule is COc1ccc(Cl)c(C2=NO[C@H](C(=O)NCCC(=O)N3CCN(C)CC3)C2)c1. The van der Waals surface area contributed by atoms with E-state index in [1.165, 1.54) is 0 Å². The molecule has 0 aromatic heterocycles. The van der Waals surface area contributed by atoms with Gasteiger partial charge in [-0.3, -0.25) is 9.59 Å². The Hall–Kier alpha value is -2.32. The van der Waals surface area contributed by atoms with Crippen LogP contribution in [0.1, 0.15) is 18.4 Å². The zero-order valence-electron chi connectivity index (χ0n) is 16.1. The van der Waals surface area contributed by atoms with E-state index >= 15 is 0 Å². The van der Waals surface area contributed by atoms with E-state index in [4.69, 9.17) is 21.2 Å². The molecule has 9 heteroatoms. The third-order valence-electron chi connectivity index (χ3n) is 4.94. The van der Waals surface area contributed by atoms with Crippen LogP contribution in [0.3, 0.4) is 0 Å². The Morgan fingerprint density at radius 2 is 2.07 bits per heavy atom. The van der Waals surface area contributed by atoms with Gasteiger partial charge in [-0.2, -0.15) is 0 Å². The zero-order chi connectivity index (χ0) is 20.1. The molecule has 152 valence electrons. The topological polar surface area (TPSA) is 83.5 Å². The first-order chi connectivity index (χ1) is 13.5. The van der Waals surface area contributed by atoms with Gasteiger partial charge in [-0.1, -0.05) is 16.8 Å². The number of likely N-dealkylation sites (N-methyl/N-ethyl adjacent to an activating group) is 1. The molecule has 1 aromatic carbocycles.